The first-order chi connectivity index (χ1) is 8.49. The predicted molar refractivity (Wildman–Crippen MR) is 63.7 cm³/mol. The highest BCUT2D eigenvalue weighted by Crippen LogP contribution is 1.94. The van der Waals surface area contributed by atoms with E-state index < -0.39 is 20.5 Å². The Labute approximate surface area is 111 Å². The summed E-state index contributed by atoms with van der Waals surface area (Å²) in [6.07, 6.45) is 4.96. The van der Waals surface area contributed by atoms with Crippen molar-refractivity contribution in [1.29, 1.82) is 0 Å². The number of aromatic amines is 1. The number of nitrogens with one attached hydrogen (secondary N) is 1. The highest BCUT2D eigenvalue weighted by Gasteiger charge is 2.06. The van der Waals surface area contributed by atoms with Crippen LogP contribution in [0.25, 0.3) is 0 Å². The van der Waals surface area contributed by atoms with E-state index in [-0.39, 0.29) is 5.75 Å². The van der Waals surface area contributed by atoms with Crippen molar-refractivity contribution in [3.63, 3.8) is 0 Å². The topological polar surface area (TPSA) is 151 Å². The Morgan fingerprint density at radius 1 is 1.26 bits per heavy atom. The van der Waals surface area contributed by atoms with Crippen LogP contribution in [0.3, 0.4) is 0 Å². The SMILES string of the molecule is Cc1[nH]cc[n+]1CCCCS(=O)(=O)O.O=S(=O)([O-])O. The van der Waals surface area contributed by atoms with Crippen LogP contribution in [-0.4, -0.2) is 41.2 Å². The fourth-order valence-corrected chi connectivity index (χ4v) is 1.82. The third kappa shape index (κ3) is 13.2. The van der Waals surface area contributed by atoms with E-state index in [1.54, 1.807) is 0 Å². The van der Waals surface area contributed by atoms with Crippen LogP contribution in [0.2, 0.25) is 0 Å². The standard InChI is InChI=1S/C8H14N2O3S.H2O4S/c1-8-9-4-6-10(8)5-2-3-7-14(11,12)13;1-5(2,3)4/h4,6H,2-3,5,7H2,1H3,(H,11,12,13);(H2,1,2,3,4). The minimum atomic E-state index is -4.92. The van der Waals surface area contributed by atoms with Crippen molar-refractivity contribution < 1.29 is 35.1 Å². The molecule has 0 saturated carbocycles. The Morgan fingerprint density at radius 3 is 2.16 bits per heavy atom. The lowest BCUT2D eigenvalue weighted by Crippen LogP contribution is -2.34. The number of aryl methyl sites for hydroxylation is 2. The first-order valence-electron chi connectivity index (χ1n) is 5.16. The zero-order chi connectivity index (χ0) is 15.1. The molecular formula is C8H16N2O7S2. The Balaban J connectivity index is 0.000000555. The second kappa shape index (κ2) is 7.55. The summed E-state index contributed by atoms with van der Waals surface area (Å²) in [4.78, 5) is 3.02. The molecule has 0 aliphatic rings. The average Bonchev–Trinajstić information content (AvgIpc) is 2.55. The Kier molecular flexibility index (Phi) is 7.15. The quantitative estimate of drug-likeness (QED) is 0.280. The Hall–Kier alpha value is -1.01. The van der Waals surface area contributed by atoms with Gasteiger partial charge >= 0.3 is 0 Å². The number of nitrogens with zero attached hydrogens (tertiary/aromatic N) is 1. The summed E-state index contributed by atoms with van der Waals surface area (Å²) in [7, 11) is -8.71. The number of hydrogen-bond acceptors (Lipinski definition) is 5. The molecule has 0 fully saturated rings. The van der Waals surface area contributed by atoms with Crippen LogP contribution in [0.15, 0.2) is 12.4 Å². The zero-order valence-corrected chi connectivity index (χ0v) is 11.8. The van der Waals surface area contributed by atoms with E-state index in [0.717, 1.165) is 18.8 Å². The molecule has 0 aliphatic carbocycles. The van der Waals surface area contributed by atoms with Gasteiger partial charge in [-0.25, -0.2) is 18.0 Å². The minimum absolute atomic E-state index is 0.156. The lowest BCUT2D eigenvalue weighted by atomic mass is 10.3. The first kappa shape index (κ1) is 18.0. The van der Waals surface area contributed by atoms with Crippen LogP contribution >= 0.6 is 0 Å². The predicted octanol–water partition coefficient (Wildman–Crippen LogP) is -0.717. The van der Waals surface area contributed by atoms with Gasteiger partial charge in [0.2, 0.25) is 10.4 Å². The number of hydrogen-bond donors (Lipinski definition) is 3. The normalized spacial score (nSPS) is 11.8. The number of aromatic nitrogens is 2. The molecule has 0 radical (unpaired) electrons. The van der Waals surface area contributed by atoms with E-state index in [9.17, 15) is 8.42 Å². The van der Waals surface area contributed by atoms with Gasteiger partial charge in [0.05, 0.1) is 12.3 Å². The maximum Gasteiger partial charge on any atom is 0.264 e. The van der Waals surface area contributed by atoms with Crippen LogP contribution in [0.4, 0.5) is 0 Å². The van der Waals surface area contributed by atoms with Crippen molar-refractivity contribution in [2.75, 3.05) is 5.75 Å². The summed E-state index contributed by atoms with van der Waals surface area (Å²) in [6, 6.07) is 0. The molecule has 0 spiro atoms. The van der Waals surface area contributed by atoms with Gasteiger partial charge in [0.25, 0.3) is 15.9 Å². The molecule has 0 amide bonds. The van der Waals surface area contributed by atoms with E-state index >= 15 is 0 Å². The second-order valence-corrected chi connectivity index (χ2v) is 6.09. The van der Waals surface area contributed by atoms with Crippen molar-refractivity contribution in [3.05, 3.63) is 18.2 Å². The van der Waals surface area contributed by atoms with Gasteiger partial charge < -0.3 is 4.55 Å². The van der Waals surface area contributed by atoms with Gasteiger partial charge in [0.1, 0.15) is 12.4 Å². The van der Waals surface area contributed by atoms with E-state index in [1.165, 1.54) is 0 Å². The molecule has 1 aromatic rings. The molecule has 0 bridgehead atoms. The van der Waals surface area contributed by atoms with Crippen molar-refractivity contribution in [2.24, 2.45) is 0 Å². The van der Waals surface area contributed by atoms with Crippen molar-refractivity contribution in [3.8, 4) is 0 Å². The molecule has 1 rings (SSSR count). The largest absolute Gasteiger partial charge is 0.726 e. The van der Waals surface area contributed by atoms with Gasteiger partial charge in [-0.3, -0.25) is 9.11 Å². The fraction of sp³-hybridized carbons (Fsp3) is 0.625. The first-order valence-corrected chi connectivity index (χ1v) is 8.13. The summed E-state index contributed by atoms with van der Waals surface area (Å²) < 4.78 is 64.1. The van der Waals surface area contributed by atoms with Gasteiger partial charge in [-0.1, -0.05) is 0 Å². The maximum absolute atomic E-state index is 10.4. The molecule has 0 unspecified atom stereocenters. The maximum atomic E-state index is 10.4. The summed E-state index contributed by atoms with van der Waals surface area (Å²) >= 11 is 0. The lowest BCUT2D eigenvalue weighted by Gasteiger charge is -1.97. The van der Waals surface area contributed by atoms with Crippen molar-refractivity contribution in [1.82, 2.24) is 4.98 Å². The molecule has 1 heterocycles. The van der Waals surface area contributed by atoms with Crippen molar-refractivity contribution in [2.45, 2.75) is 26.3 Å². The lowest BCUT2D eigenvalue weighted by molar-refractivity contribution is -0.701. The third-order valence-electron chi connectivity index (χ3n) is 2.03. The fourth-order valence-electron chi connectivity index (χ4n) is 1.25. The Morgan fingerprint density at radius 2 is 1.79 bits per heavy atom. The second-order valence-electron chi connectivity index (χ2n) is 3.66. The smallest absolute Gasteiger partial charge is 0.264 e. The summed E-state index contributed by atoms with van der Waals surface area (Å²) in [6.45, 7) is 2.72. The van der Waals surface area contributed by atoms with E-state index in [1.807, 2.05) is 23.9 Å². The average molecular weight is 316 g/mol. The van der Waals surface area contributed by atoms with Gasteiger partial charge in [-0.05, 0) is 12.8 Å². The van der Waals surface area contributed by atoms with E-state index in [4.69, 9.17) is 22.1 Å². The summed E-state index contributed by atoms with van der Waals surface area (Å²) in [5.41, 5.74) is 0. The monoisotopic (exact) mass is 316 g/mol. The van der Waals surface area contributed by atoms with Gasteiger partial charge in [-0.15, -0.1) is 0 Å². The highest BCUT2D eigenvalue weighted by molar-refractivity contribution is 7.85. The van der Waals surface area contributed by atoms with Crippen LogP contribution in [0.5, 0.6) is 0 Å². The summed E-state index contributed by atoms with van der Waals surface area (Å²) in [5, 5.41) is 0. The molecule has 0 aromatic carbocycles. The third-order valence-corrected chi connectivity index (χ3v) is 2.83. The zero-order valence-electron chi connectivity index (χ0n) is 10.2. The number of imidazole rings is 1. The highest BCUT2D eigenvalue weighted by atomic mass is 32.3. The molecular weight excluding hydrogens is 300 g/mol. The van der Waals surface area contributed by atoms with Crippen molar-refractivity contribution >= 4 is 20.5 Å². The summed E-state index contributed by atoms with van der Waals surface area (Å²) in [5.74, 6) is 0.883. The molecule has 11 heteroatoms. The number of rotatable bonds is 5. The minimum Gasteiger partial charge on any atom is -0.726 e. The van der Waals surface area contributed by atoms with Gasteiger partial charge in [-0.2, -0.15) is 8.42 Å². The van der Waals surface area contributed by atoms with Crippen LogP contribution in [0, 0.1) is 6.92 Å². The van der Waals surface area contributed by atoms with Crippen LogP contribution in [-0.2, 0) is 27.1 Å². The molecule has 0 aliphatic heterocycles. The molecule has 112 valence electrons. The molecule has 9 nitrogen and oxygen atoms in total. The Bertz CT molecular complexity index is 568. The molecule has 19 heavy (non-hydrogen) atoms. The van der Waals surface area contributed by atoms with E-state index in [2.05, 4.69) is 4.98 Å². The molecule has 3 N–H and O–H groups in total. The molecule has 0 atom stereocenters. The van der Waals surface area contributed by atoms with Crippen LogP contribution < -0.4 is 4.57 Å². The van der Waals surface area contributed by atoms with E-state index in [0.29, 0.717) is 6.42 Å². The van der Waals surface area contributed by atoms with Gasteiger partial charge in [0, 0.05) is 6.92 Å². The molecule has 1 aromatic heterocycles. The molecule has 0 saturated heterocycles. The van der Waals surface area contributed by atoms with Gasteiger partial charge in [0.15, 0.2) is 0 Å². The van der Waals surface area contributed by atoms with Crippen LogP contribution in [0.1, 0.15) is 18.7 Å². The number of H-pyrrole nitrogens is 1. The number of unbranched alkanes of at least 4 members (excludes halogenated alkanes) is 1.